The van der Waals surface area contributed by atoms with Gasteiger partial charge in [-0.3, -0.25) is 0 Å². The van der Waals surface area contributed by atoms with Crippen LogP contribution < -0.4 is 10.1 Å². The molecule has 20 heavy (non-hydrogen) atoms. The molecule has 0 spiro atoms. The van der Waals surface area contributed by atoms with E-state index >= 15 is 0 Å². The lowest BCUT2D eigenvalue weighted by Gasteiger charge is -2.22. The second kappa shape index (κ2) is 6.53. The number of hydrogen-bond donors (Lipinski definition) is 1. The average Bonchev–Trinajstić information content (AvgIpc) is 2.45. The Morgan fingerprint density at radius 3 is 2.60 bits per heavy atom. The SMILES string of the molecule is CCNC(c1cccc(C)c1)c1c(F)cccc1OC. The van der Waals surface area contributed by atoms with Gasteiger partial charge in [-0.15, -0.1) is 0 Å². The van der Waals surface area contributed by atoms with Crippen molar-refractivity contribution in [2.45, 2.75) is 19.9 Å². The van der Waals surface area contributed by atoms with Crippen LogP contribution in [0.15, 0.2) is 42.5 Å². The molecule has 0 fully saturated rings. The van der Waals surface area contributed by atoms with E-state index in [4.69, 9.17) is 4.74 Å². The van der Waals surface area contributed by atoms with Crippen molar-refractivity contribution in [2.24, 2.45) is 0 Å². The molecule has 0 radical (unpaired) electrons. The number of ether oxygens (including phenoxy) is 1. The maximum absolute atomic E-state index is 14.3. The van der Waals surface area contributed by atoms with E-state index < -0.39 is 0 Å². The second-order valence-corrected chi connectivity index (χ2v) is 4.76. The third kappa shape index (κ3) is 2.99. The van der Waals surface area contributed by atoms with Crippen LogP contribution in [0.25, 0.3) is 0 Å². The number of methoxy groups -OCH3 is 1. The van der Waals surface area contributed by atoms with E-state index in [9.17, 15) is 4.39 Å². The fourth-order valence-corrected chi connectivity index (χ4v) is 2.42. The summed E-state index contributed by atoms with van der Waals surface area (Å²) in [6, 6.07) is 12.8. The highest BCUT2D eigenvalue weighted by molar-refractivity contribution is 5.43. The van der Waals surface area contributed by atoms with E-state index in [-0.39, 0.29) is 11.9 Å². The summed E-state index contributed by atoms with van der Waals surface area (Å²) in [5, 5.41) is 3.34. The fraction of sp³-hybridized carbons (Fsp3) is 0.294. The summed E-state index contributed by atoms with van der Waals surface area (Å²) in [4.78, 5) is 0. The van der Waals surface area contributed by atoms with Crippen LogP contribution >= 0.6 is 0 Å². The molecule has 0 bridgehead atoms. The lowest BCUT2D eigenvalue weighted by molar-refractivity contribution is 0.397. The van der Waals surface area contributed by atoms with Crippen LogP contribution in [0.2, 0.25) is 0 Å². The number of halogens is 1. The Bertz CT molecular complexity index is 583. The Morgan fingerprint density at radius 2 is 1.95 bits per heavy atom. The van der Waals surface area contributed by atoms with E-state index in [1.807, 2.05) is 32.0 Å². The molecule has 2 aromatic carbocycles. The normalized spacial score (nSPS) is 12.2. The summed E-state index contributed by atoms with van der Waals surface area (Å²) in [6.45, 7) is 4.79. The van der Waals surface area contributed by atoms with Crippen LogP contribution in [-0.2, 0) is 0 Å². The van der Waals surface area contributed by atoms with Crippen LogP contribution in [-0.4, -0.2) is 13.7 Å². The summed E-state index contributed by atoms with van der Waals surface area (Å²) in [7, 11) is 1.57. The molecular weight excluding hydrogens is 253 g/mol. The molecule has 106 valence electrons. The fourth-order valence-electron chi connectivity index (χ4n) is 2.42. The first kappa shape index (κ1) is 14.5. The molecule has 1 N–H and O–H groups in total. The molecule has 0 saturated carbocycles. The molecule has 0 saturated heterocycles. The first-order valence-electron chi connectivity index (χ1n) is 6.79. The van der Waals surface area contributed by atoms with Gasteiger partial charge >= 0.3 is 0 Å². The van der Waals surface area contributed by atoms with Crippen LogP contribution in [0.4, 0.5) is 4.39 Å². The molecule has 1 unspecified atom stereocenters. The molecule has 3 heteroatoms. The van der Waals surface area contributed by atoms with Gasteiger partial charge in [0.2, 0.25) is 0 Å². The lowest BCUT2D eigenvalue weighted by atomic mass is 9.96. The molecule has 2 nitrogen and oxygen atoms in total. The van der Waals surface area contributed by atoms with Gasteiger partial charge in [-0.05, 0) is 31.2 Å². The molecule has 0 heterocycles. The minimum absolute atomic E-state index is 0.212. The van der Waals surface area contributed by atoms with Gasteiger partial charge in [0.15, 0.2) is 0 Å². The van der Waals surface area contributed by atoms with Crippen molar-refractivity contribution in [1.82, 2.24) is 5.32 Å². The van der Waals surface area contributed by atoms with Gasteiger partial charge < -0.3 is 10.1 Å². The van der Waals surface area contributed by atoms with Crippen molar-refractivity contribution in [2.75, 3.05) is 13.7 Å². The summed E-state index contributed by atoms with van der Waals surface area (Å²) in [5.74, 6) is 0.314. The van der Waals surface area contributed by atoms with Crippen molar-refractivity contribution in [3.05, 3.63) is 65.0 Å². The van der Waals surface area contributed by atoms with Gasteiger partial charge in [-0.1, -0.05) is 42.8 Å². The zero-order chi connectivity index (χ0) is 14.5. The lowest BCUT2D eigenvalue weighted by Crippen LogP contribution is -2.23. The van der Waals surface area contributed by atoms with Gasteiger partial charge in [-0.25, -0.2) is 4.39 Å². The molecule has 2 rings (SSSR count). The standard InChI is InChI=1S/C17H20FNO/c1-4-19-17(13-8-5-7-12(2)11-13)16-14(18)9-6-10-15(16)20-3/h5-11,17,19H,4H2,1-3H3. The molecule has 0 aliphatic rings. The zero-order valence-corrected chi connectivity index (χ0v) is 12.1. The van der Waals surface area contributed by atoms with E-state index in [0.717, 1.165) is 17.7 Å². The second-order valence-electron chi connectivity index (χ2n) is 4.76. The van der Waals surface area contributed by atoms with Crippen molar-refractivity contribution in [3.8, 4) is 5.75 Å². The van der Waals surface area contributed by atoms with Gasteiger partial charge in [0.05, 0.1) is 18.7 Å². The summed E-state index contributed by atoms with van der Waals surface area (Å²) in [5.41, 5.74) is 2.75. The number of benzene rings is 2. The van der Waals surface area contributed by atoms with Gasteiger partial charge in [0.25, 0.3) is 0 Å². The first-order chi connectivity index (χ1) is 9.67. The quantitative estimate of drug-likeness (QED) is 0.893. The maximum atomic E-state index is 14.3. The third-order valence-electron chi connectivity index (χ3n) is 3.31. The molecule has 0 amide bonds. The van der Waals surface area contributed by atoms with Crippen molar-refractivity contribution in [3.63, 3.8) is 0 Å². The van der Waals surface area contributed by atoms with Crippen molar-refractivity contribution >= 4 is 0 Å². The third-order valence-corrected chi connectivity index (χ3v) is 3.31. The Hall–Kier alpha value is -1.87. The number of nitrogens with one attached hydrogen (secondary N) is 1. The van der Waals surface area contributed by atoms with Crippen molar-refractivity contribution in [1.29, 1.82) is 0 Å². The first-order valence-corrected chi connectivity index (χ1v) is 6.79. The Labute approximate surface area is 119 Å². The highest BCUT2D eigenvalue weighted by Crippen LogP contribution is 2.32. The zero-order valence-electron chi connectivity index (χ0n) is 12.1. The van der Waals surface area contributed by atoms with Crippen molar-refractivity contribution < 1.29 is 9.13 Å². The van der Waals surface area contributed by atoms with Gasteiger partial charge in [0.1, 0.15) is 11.6 Å². The number of rotatable bonds is 5. The van der Waals surface area contributed by atoms with E-state index in [0.29, 0.717) is 11.3 Å². The largest absolute Gasteiger partial charge is 0.496 e. The predicted molar refractivity (Wildman–Crippen MR) is 79.7 cm³/mol. The predicted octanol–water partition coefficient (Wildman–Crippen LogP) is 3.84. The monoisotopic (exact) mass is 273 g/mol. The summed E-state index contributed by atoms with van der Waals surface area (Å²) in [6.07, 6.45) is 0. The summed E-state index contributed by atoms with van der Waals surface area (Å²) < 4.78 is 19.6. The summed E-state index contributed by atoms with van der Waals surface area (Å²) >= 11 is 0. The minimum Gasteiger partial charge on any atom is -0.496 e. The molecule has 0 aromatic heterocycles. The maximum Gasteiger partial charge on any atom is 0.132 e. The highest BCUT2D eigenvalue weighted by Gasteiger charge is 2.21. The smallest absolute Gasteiger partial charge is 0.132 e. The Balaban J connectivity index is 2.54. The van der Waals surface area contributed by atoms with Crippen LogP contribution in [0, 0.1) is 12.7 Å². The molecule has 2 aromatic rings. The Morgan fingerprint density at radius 1 is 1.20 bits per heavy atom. The molecule has 1 atom stereocenters. The van der Waals surface area contributed by atoms with Gasteiger partial charge in [-0.2, -0.15) is 0 Å². The number of aryl methyl sites for hydroxylation is 1. The van der Waals surface area contributed by atoms with Crippen LogP contribution in [0.5, 0.6) is 5.75 Å². The molecular formula is C17H20FNO. The average molecular weight is 273 g/mol. The van der Waals surface area contributed by atoms with E-state index in [2.05, 4.69) is 11.4 Å². The minimum atomic E-state index is -0.253. The van der Waals surface area contributed by atoms with Crippen LogP contribution in [0.3, 0.4) is 0 Å². The topological polar surface area (TPSA) is 21.3 Å². The highest BCUT2D eigenvalue weighted by atomic mass is 19.1. The molecule has 0 aliphatic carbocycles. The van der Waals surface area contributed by atoms with Crippen LogP contribution in [0.1, 0.15) is 29.7 Å². The Kier molecular flexibility index (Phi) is 4.74. The number of hydrogen-bond acceptors (Lipinski definition) is 2. The van der Waals surface area contributed by atoms with E-state index in [1.54, 1.807) is 19.2 Å². The molecule has 0 aliphatic heterocycles. The van der Waals surface area contributed by atoms with Gasteiger partial charge in [0, 0.05) is 0 Å². The van der Waals surface area contributed by atoms with E-state index in [1.165, 1.54) is 6.07 Å².